The smallest absolute Gasteiger partial charge is 0.277 e. The van der Waals surface area contributed by atoms with Crippen LogP contribution in [0.2, 0.25) is 0 Å². The van der Waals surface area contributed by atoms with Crippen molar-refractivity contribution in [2.75, 3.05) is 6.54 Å². The Morgan fingerprint density at radius 2 is 1.96 bits per heavy atom. The number of sulfonamides is 1. The van der Waals surface area contributed by atoms with E-state index < -0.39 is 32.2 Å². The Balaban J connectivity index is 1.75. The van der Waals surface area contributed by atoms with E-state index in [1.807, 2.05) is 0 Å². The van der Waals surface area contributed by atoms with Crippen molar-refractivity contribution in [2.24, 2.45) is 7.05 Å². The van der Waals surface area contributed by atoms with Crippen molar-refractivity contribution in [3.05, 3.63) is 64.7 Å². The summed E-state index contributed by atoms with van der Waals surface area (Å²) in [5.41, 5.74) is 0.0348. The Hall–Kier alpha value is -2.92. The molecule has 1 N–H and O–H groups in total. The van der Waals surface area contributed by atoms with Gasteiger partial charge in [0, 0.05) is 25.9 Å². The number of nitrogens with zero attached hydrogens (tertiary/aromatic N) is 4. The molecule has 0 bridgehead atoms. The van der Waals surface area contributed by atoms with Crippen LogP contribution in [0, 0.1) is 11.6 Å². The zero-order chi connectivity index (χ0) is 19.6. The second-order valence-corrected chi connectivity index (χ2v) is 7.31. The van der Waals surface area contributed by atoms with E-state index in [1.54, 1.807) is 24.4 Å². The van der Waals surface area contributed by atoms with Gasteiger partial charge in [0.1, 0.15) is 22.2 Å². The number of benzene rings is 1. The van der Waals surface area contributed by atoms with Gasteiger partial charge >= 0.3 is 5.69 Å². The van der Waals surface area contributed by atoms with Crippen molar-refractivity contribution in [3.63, 3.8) is 0 Å². The predicted molar refractivity (Wildman–Crippen MR) is 92.2 cm³/mol. The molecule has 1 aromatic carbocycles. The summed E-state index contributed by atoms with van der Waals surface area (Å²) in [7, 11) is -2.68. The summed E-state index contributed by atoms with van der Waals surface area (Å²) in [5.74, 6) is -1.75. The third-order valence-corrected chi connectivity index (χ3v) is 5.23. The summed E-state index contributed by atoms with van der Waals surface area (Å²) in [6.07, 6.45) is 1.56. The first-order chi connectivity index (χ1) is 12.8. The first-order valence-electron chi connectivity index (χ1n) is 7.79. The van der Waals surface area contributed by atoms with Crippen molar-refractivity contribution < 1.29 is 17.2 Å². The minimum absolute atomic E-state index is 0.0818. The van der Waals surface area contributed by atoms with E-state index in [1.165, 1.54) is 11.6 Å². The predicted octanol–water partition coefficient (Wildman–Crippen LogP) is 0.900. The lowest BCUT2D eigenvalue weighted by atomic mass is 10.3. The summed E-state index contributed by atoms with van der Waals surface area (Å²) >= 11 is 0. The Morgan fingerprint density at radius 1 is 1.19 bits per heavy atom. The molecule has 0 radical (unpaired) electrons. The van der Waals surface area contributed by atoms with Crippen molar-refractivity contribution in [1.82, 2.24) is 24.1 Å². The van der Waals surface area contributed by atoms with Crippen LogP contribution in [0.15, 0.2) is 52.3 Å². The quantitative estimate of drug-likeness (QED) is 0.669. The molecule has 0 aliphatic rings. The van der Waals surface area contributed by atoms with Crippen LogP contribution in [-0.4, -0.2) is 34.3 Å². The largest absolute Gasteiger partial charge is 0.346 e. The molecule has 0 fully saturated rings. The second kappa shape index (κ2) is 7.37. The molecule has 0 saturated carbocycles. The van der Waals surface area contributed by atoms with Crippen molar-refractivity contribution in [3.8, 4) is 11.5 Å². The van der Waals surface area contributed by atoms with E-state index in [-0.39, 0.29) is 13.1 Å². The number of nitrogens with one attached hydrogen (secondary N) is 1. The number of pyridine rings is 1. The van der Waals surface area contributed by atoms with E-state index in [2.05, 4.69) is 14.8 Å². The van der Waals surface area contributed by atoms with Crippen LogP contribution < -0.4 is 10.4 Å². The third kappa shape index (κ3) is 3.93. The lowest BCUT2D eigenvalue weighted by Crippen LogP contribution is -2.32. The van der Waals surface area contributed by atoms with E-state index in [0.29, 0.717) is 17.6 Å². The first kappa shape index (κ1) is 18.9. The van der Waals surface area contributed by atoms with Crippen LogP contribution in [0.1, 0.15) is 0 Å². The average Bonchev–Trinajstić information content (AvgIpc) is 2.90. The van der Waals surface area contributed by atoms with Gasteiger partial charge in [-0.05, 0) is 24.3 Å². The molecular weight excluding hydrogens is 380 g/mol. The normalized spacial score (nSPS) is 11.7. The van der Waals surface area contributed by atoms with Gasteiger partial charge in [0.05, 0.1) is 6.54 Å². The molecule has 2 heterocycles. The molecule has 8 nitrogen and oxygen atoms in total. The van der Waals surface area contributed by atoms with Gasteiger partial charge in [0.15, 0.2) is 5.82 Å². The van der Waals surface area contributed by atoms with Crippen molar-refractivity contribution in [2.45, 2.75) is 11.4 Å². The van der Waals surface area contributed by atoms with E-state index in [0.717, 1.165) is 16.8 Å². The summed E-state index contributed by atoms with van der Waals surface area (Å²) in [6, 6.07) is 7.32. The van der Waals surface area contributed by atoms with Gasteiger partial charge in [0.2, 0.25) is 10.0 Å². The van der Waals surface area contributed by atoms with Crippen LogP contribution >= 0.6 is 0 Å². The van der Waals surface area contributed by atoms with Gasteiger partial charge in [-0.25, -0.2) is 31.4 Å². The van der Waals surface area contributed by atoms with E-state index in [9.17, 15) is 22.0 Å². The molecule has 142 valence electrons. The highest BCUT2D eigenvalue weighted by atomic mass is 32.2. The molecule has 0 spiro atoms. The molecule has 0 amide bonds. The number of halogens is 2. The SMILES string of the molecule is Cn1c(-c2ccccn2)nn(CCNS(=O)(=O)c2ccc(F)cc2F)c1=O. The minimum Gasteiger partial charge on any atom is -0.277 e. The van der Waals surface area contributed by atoms with Gasteiger partial charge < -0.3 is 0 Å². The summed E-state index contributed by atoms with van der Waals surface area (Å²) < 4.78 is 55.4. The van der Waals surface area contributed by atoms with Gasteiger partial charge in [0.25, 0.3) is 0 Å². The minimum atomic E-state index is -4.20. The average molecular weight is 395 g/mol. The molecule has 27 heavy (non-hydrogen) atoms. The molecule has 2 aromatic heterocycles. The van der Waals surface area contributed by atoms with Crippen LogP contribution in [0.4, 0.5) is 8.78 Å². The maximum Gasteiger partial charge on any atom is 0.346 e. The highest BCUT2D eigenvalue weighted by molar-refractivity contribution is 7.89. The van der Waals surface area contributed by atoms with Gasteiger partial charge in [-0.3, -0.25) is 9.55 Å². The molecule has 0 aliphatic carbocycles. The number of rotatable bonds is 6. The molecule has 0 saturated heterocycles. The molecule has 0 atom stereocenters. The molecule has 0 unspecified atom stereocenters. The lowest BCUT2D eigenvalue weighted by molar-refractivity contribution is 0.532. The van der Waals surface area contributed by atoms with Crippen LogP contribution in [0.3, 0.4) is 0 Å². The monoisotopic (exact) mass is 395 g/mol. The Morgan fingerprint density at radius 3 is 2.63 bits per heavy atom. The maximum absolute atomic E-state index is 13.7. The number of hydrogen-bond acceptors (Lipinski definition) is 5. The zero-order valence-corrected chi connectivity index (χ0v) is 14.9. The molecule has 3 rings (SSSR count). The Bertz CT molecular complexity index is 1130. The fourth-order valence-electron chi connectivity index (χ4n) is 2.41. The highest BCUT2D eigenvalue weighted by Gasteiger charge is 2.20. The number of hydrogen-bond donors (Lipinski definition) is 1. The Kier molecular flexibility index (Phi) is 5.15. The fourth-order valence-corrected chi connectivity index (χ4v) is 3.49. The molecule has 3 aromatic rings. The van der Waals surface area contributed by atoms with Crippen LogP contribution in [-0.2, 0) is 23.6 Å². The summed E-state index contributed by atoms with van der Waals surface area (Å²) in [5, 5.41) is 4.15. The number of aromatic nitrogens is 4. The zero-order valence-electron chi connectivity index (χ0n) is 14.1. The van der Waals surface area contributed by atoms with E-state index in [4.69, 9.17) is 0 Å². The standard InChI is InChI=1S/C16H15F2N5O3S/c1-22-15(13-4-2-3-7-19-13)21-23(16(22)24)9-8-20-27(25,26)14-6-5-11(17)10-12(14)18/h2-7,10,20H,8-9H2,1H3. The topological polar surface area (TPSA) is 98.9 Å². The molecule has 11 heteroatoms. The second-order valence-electron chi connectivity index (χ2n) is 5.58. The van der Waals surface area contributed by atoms with Gasteiger partial charge in [-0.15, -0.1) is 5.10 Å². The van der Waals surface area contributed by atoms with Crippen molar-refractivity contribution in [1.29, 1.82) is 0 Å². The lowest BCUT2D eigenvalue weighted by Gasteiger charge is -2.07. The maximum atomic E-state index is 13.7. The summed E-state index contributed by atoms with van der Waals surface area (Å²) in [4.78, 5) is 15.7. The van der Waals surface area contributed by atoms with Crippen LogP contribution in [0.5, 0.6) is 0 Å². The van der Waals surface area contributed by atoms with Crippen LogP contribution in [0.25, 0.3) is 11.5 Å². The molecular formula is C16H15F2N5O3S. The van der Waals surface area contributed by atoms with Gasteiger partial charge in [-0.1, -0.05) is 6.07 Å². The Labute approximate surface area is 153 Å². The summed E-state index contributed by atoms with van der Waals surface area (Å²) in [6.45, 7) is -0.292. The van der Waals surface area contributed by atoms with Crippen molar-refractivity contribution >= 4 is 10.0 Å². The highest BCUT2D eigenvalue weighted by Crippen LogP contribution is 2.15. The molecule has 0 aliphatic heterocycles. The van der Waals surface area contributed by atoms with Gasteiger partial charge in [-0.2, -0.15) is 0 Å². The fraction of sp³-hybridized carbons (Fsp3) is 0.188. The first-order valence-corrected chi connectivity index (χ1v) is 9.28. The van der Waals surface area contributed by atoms with E-state index >= 15 is 0 Å². The third-order valence-electron chi connectivity index (χ3n) is 3.73.